The molecule has 0 fully saturated rings. The first kappa shape index (κ1) is 16.2. The third kappa shape index (κ3) is 5.33. The van der Waals surface area contributed by atoms with Crippen LogP contribution in [0.2, 0.25) is 5.15 Å². The molecule has 0 saturated carbocycles. The Morgan fingerprint density at radius 1 is 1.11 bits per heavy atom. The molecule has 0 aromatic carbocycles. The Hall–Kier alpha value is -0.870. The summed E-state index contributed by atoms with van der Waals surface area (Å²) in [5.74, 6) is 0.635. The second kappa shape index (κ2) is 8.33. The van der Waals surface area contributed by atoms with Crippen LogP contribution in [0.25, 0.3) is 0 Å². The molecule has 0 aliphatic carbocycles. The maximum Gasteiger partial charge on any atom is 0.224 e. The largest absolute Gasteiger partial charge is 0.354 e. The van der Waals surface area contributed by atoms with Gasteiger partial charge < -0.3 is 10.2 Å². The molecule has 1 aromatic rings. The Balaban J connectivity index is 2.30. The van der Waals surface area contributed by atoms with Crippen LogP contribution in [0.3, 0.4) is 0 Å². The van der Waals surface area contributed by atoms with E-state index in [9.17, 15) is 0 Å². The normalized spacial score (nSPS) is 11.1. The van der Waals surface area contributed by atoms with E-state index in [1.807, 2.05) is 13.8 Å². The smallest absolute Gasteiger partial charge is 0.224 e. The van der Waals surface area contributed by atoms with E-state index in [0.29, 0.717) is 11.1 Å². The molecule has 0 spiro atoms. The first-order valence-corrected chi connectivity index (χ1v) is 7.43. The van der Waals surface area contributed by atoms with Gasteiger partial charge in [-0.05, 0) is 46.3 Å². The molecule has 19 heavy (non-hydrogen) atoms. The fourth-order valence-electron chi connectivity index (χ4n) is 1.87. The second-order valence-electron chi connectivity index (χ2n) is 4.71. The van der Waals surface area contributed by atoms with Crippen molar-refractivity contribution >= 4 is 17.5 Å². The zero-order chi connectivity index (χ0) is 14.3. The van der Waals surface area contributed by atoms with Crippen molar-refractivity contribution in [1.82, 2.24) is 14.9 Å². The molecular formula is C14H25ClN4. The summed E-state index contributed by atoms with van der Waals surface area (Å²) in [5.41, 5.74) is 1.89. The van der Waals surface area contributed by atoms with Gasteiger partial charge in [-0.25, -0.2) is 9.97 Å². The highest BCUT2D eigenvalue weighted by Crippen LogP contribution is 2.16. The standard InChI is InChI=1S/C14H25ClN4/c1-5-19(6-2)10-8-7-9-16-14-17-12(4)11(3)13(15)18-14/h5-10H2,1-4H3,(H,16,17,18). The lowest BCUT2D eigenvalue weighted by atomic mass is 10.3. The fraction of sp³-hybridized carbons (Fsp3) is 0.714. The zero-order valence-electron chi connectivity index (χ0n) is 12.5. The van der Waals surface area contributed by atoms with Crippen molar-refractivity contribution in [2.45, 2.75) is 40.5 Å². The molecule has 4 nitrogen and oxygen atoms in total. The van der Waals surface area contributed by atoms with E-state index in [-0.39, 0.29) is 0 Å². The summed E-state index contributed by atoms with van der Waals surface area (Å²) < 4.78 is 0. The van der Waals surface area contributed by atoms with Crippen molar-refractivity contribution in [2.75, 3.05) is 31.5 Å². The summed E-state index contributed by atoms with van der Waals surface area (Å²) >= 11 is 6.04. The van der Waals surface area contributed by atoms with E-state index in [2.05, 4.69) is 34.0 Å². The molecule has 0 atom stereocenters. The fourth-order valence-corrected chi connectivity index (χ4v) is 2.09. The Kier molecular flexibility index (Phi) is 7.10. The predicted molar refractivity (Wildman–Crippen MR) is 82.0 cm³/mol. The number of rotatable bonds is 8. The molecule has 1 aromatic heterocycles. The number of hydrogen-bond donors (Lipinski definition) is 1. The minimum absolute atomic E-state index is 0.540. The molecule has 0 aliphatic rings. The van der Waals surface area contributed by atoms with Gasteiger partial charge in [0.25, 0.3) is 0 Å². The number of aryl methyl sites for hydroxylation is 1. The van der Waals surface area contributed by atoms with Gasteiger partial charge in [-0.2, -0.15) is 0 Å². The molecule has 0 unspecified atom stereocenters. The second-order valence-corrected chi connectivity index (χ2v) is 5.07. The van der Waals surface area contributed by atoms with Crippen molar-refractivity contribution in [2.24, 2.45) is 0 Å². The minimum Gasteiger partial charge on any atom is -0.354 e. The maximum absolute atomic E-state index is 6.04. The molecule has 0 radical (unpaired) electrons. The van der Waals surface area contributed by atoms with Crippen LogP contribution < -0.4 is 5.32 Å². The van der Waals surface area contributed by atoms with Crippen molar-refractivity contribution in [3.63, 3.8) is 0 Å². The van der Waals surface area contributed by atoms with Gasteiger partial charge in [0.1, 0.15) is 5.15 Å². The topological polar surface area (TPSA) is 41.0 Å². The lowest BCUT2D eigenvalue weighted by molar-refractivity contribution is 0.298. The van der Waals surface area contributed by atoms with E-state index < -0.39 is 0 Å². The summed E-state index contributed by atoms with van der Waals surface area (Å²) in [4.78, 5) is 11.0. The van der Waals surface area contributed by atoms with Crippen molar-refractivity contribution in [3.05, 3.63) is 16.4 Å². The lowest BCUT2D eigenvalue weighted by Gasteiger charge is -2.17. The summed E-state index contributed by atoms with van der Waals surface area (Å²) in [7, 11) is 0. The molecule has 108 valence electrons. The molecule has 1 rings (SSSR count). The molecule has 0 bridgehead atoms. The van der Waals surface area contributed by atoms with Gasteiger partial charge in [0.05, 0.1) is 0 Å². The molecule has 0 saturated heterocycles. The van der Waals surface area contributed by atoms with E-state index >= 15 is 0 Å². The number of nitrogens with one attached hydrogen (secondary N) is 1. The summed E-state index contributed by atoms with van der Waals surface area (Å²) in [6.45, 7) is 12.6. The third-order valence-corrected chi connectivity index (χ3v) is 3.78. The number of hydrogen-bond acceptors (Lipinski definition) is 4. The molecule has 0 amide bonds. The van der Waals surface area contributed by atoms with Crippen LogP contribution in [0.1, 0.15) is 37.9 Å². The average molecular weight is 285 g/mol. The maximum atomic E-state index is 6.04. The third-order valence-electron chi connectivity index (χ3n) is 3.41. The molecule has 1 N–H and O–H groups in total. The Labute approximate surface area is 121 Å². The zero-order valence-corrected chi connectivity index (χ0v) is 13.2. The Morgan fingerprint density at radius 2 is 1.79 bits per heavy atom. The van der Waals surface area contributed by atoms with Crippen LogP contribution in [0.4, 0.5) is 5.95 Å². The van der Waals surface area contributed by atoms with Gasteiger partial charge in [-0.1, -0.05) is 25.4 Å². The van der Waals surface area contributed by atoms with Gasteiger partial charge in [0.15, 0.2) is 0 Å². The molecular weight excluding hydrogens is 260 g/mol. The molecule has 1 heterocycles. The van der Waals surface area contributed by atoms with Crippen LogP contribution in [-0.2, 0) is 0 Å². The summed E-state index contributed by atoms with van der Waals surface area (Å²) in [6.07, 6.45) is 2.30. The highest BCUT2D eigenvalue weighted by atomic mass is 35.5. The monoisotopic (exact) mass is 284 g/mol. The van der Waals surface area contributed by atoms with Gasteiger partial charge in [0.2, 0.25) is 5.95 Å². The van der Waals surface area contributed by atoms with Gasteiger partial charge in [-0.3, -0.25) is 0 Å². The first-order valence-electron chi connectivity index (χ1n) is 7.05. The van der Waals surface area contributed by atoms with Crippen molar-refractivity contribution in [3.8, 4) is 0 Å². The molecule has 0 aliphatic heterocycles. The van der Waals surface area contributed by atoms with Crippen LogP contribution >= 0.6 is 11.6 Å². The highest BCUT2D eigenvalue weighted by molar-refractivity contribution is 6.30. The van der Waals surface area contributed by atoms with E-state index in [0.717, 1.165) is 43.9 Å². The Morgan fingerprint density at radius 3 is 2.37 bits per heavy atom. The van der Waals surface area contributed by atoms with Gasteiger partial charge in [-0.15, -0.1) is 0 Å². The van der Waals surface area contributed by atoms with Gasteiger partial charge in [0, 0.05) is 17.8 Å². The predicted octanol–water partition coefficient (Wildman–Crippen LogP) is 3.28. The number of halogens is 1. The SMILES string of the molecule is CCN(CC)CCCCNc1nc(C)c(C)c(Cl)n1. The van der Waals surface area contributed by atoms with E-state index in [4.69, 9.17) is 11.6 Å². The number of unbranched alkanes of at least 4 members (excludes halogenated alkanes) is 1. The van der Waals surface area contributed by atoms with Crippen LogP contribution in [0, 0.1) is 13.8 Å². The number of aromatic nitrogens is 2. The van der Waals surface area contributed by atoms with Crippen molar-refractivity contribution in [1.29, 1.82) is 0 Å². The van der Waals surface area contributed by atoms with E-state index in [1.165, 1.54) is 6.42 Å². The molecule has 5 heteroatoms. The number of anilines is 1. The quantitative estimate of drug-likeness (QED) is 0.587. The average Bonchev–Trinajstić information content (AvgIpc) is 2.40. The van der Waals surface area contributed by atoms with Gasteiger partial charge >= 0.3 is 0 Å². The van der Waals surface area contributed by atoms with Crippen molar-refractivity contribution < 1.29 is 0 Å². The minimum atomic E-state index is 0.540. The summed E-state index contributed by atoms with van der Waals surface area (Å²) in [6, 6.07) is 0. The lowest BCUT2D eigenvalue weighted by Crippen LogP contribution is -2.24. The summed E-state index contributed by atoms with van der Waals surface area (Å²) in [5, 5.41) is 3.78. The Bertz CT molecular complexity index is 368. The first-order chi connectivity index (χ1) is 9.08. The highest BCUT2D eigenvalue weighted by Gasteiger charge is 2.05. The van der Waals surface area contributed by atoms with E-state index in [1.54, 1.807) is 0 Å². The number of nitrogens with zero attached hydrogens (tertiary/aromatic N) is 3. The van der Waals surface area contributed by atoms with Crippen LogP contribution in [0.5, 0.6) is 0 Å². The van der Waals surface area contributed by atoms with Crippen LogP contribution in [-0.4, -0.2) is 41.0 Å². The van der Waals surface area contributed by atoms with Crippen LogP contribution in [0.15, 0.2) is 0 Å².